The molecule has 0 fully saturated rings. The molecule has 1 unspecified atom stereocenters. The highest BCUT2D eigenvalue weighted by molar-refractivity contribution is 14.0. The van der Waals surface area contributed by atoms with E-state index in [1.807, 2.05) is 13.8 Å². The molecular weight excluding hydrogens is 319 g/mol. The Bertz CT molecular complexity index is 221. The molecule has 0 rings (SSSR count). The van der Waals surface area contributed by atoms with Crippen LogP contribution in [0.25, 0.3) is 0 Å². The fourth-order valence-corrected chi connectivity index (χ4v) is 1.02. The fraction of sp³-hybridized carbons (Fsp3) is 0.800. The first-order chi connectivity index (χ1) is 7.13. The second kappa shape index (κ2) is 11.0. The number of aliphatic imine (C=N–C) groups is 1. The number of nitrogens with one attached hydrogen (secondary N) is 3. The molecule has 1 amide bonds. The molecule has 0 aliphatic heterocycles. The van der Waals surface area contributed by atoms with Gasteiger partial charge in [-0.1, -0.05) is 6.92 Å². The number of rotatable bonds is 5. The number of guanidine groups is 1. The molecule has 0 aliphatic rings. The van der Waals surface area contributed by atoms with E-state index in [9.17, 15) is 4.79 Å². The summed E-state index contributed by atoms with van der Waals surface area (Å²) in [4.78, 5) is 15.3. The van der Waals surface area contributed by atoms with Crippen molar-refractivity contribution in [2.24, 2.45) is 4.99 Å². The van der Waals surface area contributed by atoms with E-state index in [-0.39, 0.29) is 35.9 Å². The monoisotopic (exact) mass is 342 g/mol. The fourth-order valence-electron chi connectivity index (χ4n) is 1.02. The summed E-state index contributed by atoms with van der Waals surface area (Å²) >= 11 is 0. The Labute approximate surface area is 115 Å². The van der Waals surface area contributed by atoms with Gasteiger partial charge in [0.25, 0.3) is 0 Å². The van der Waals surface area contributed by atoms with Crippen molar-refractivity contribution in [2.75, 3.05) is 20.6 Å². The van der Waals surface area contributed by atoms with Crippen molar-refractivity contribution < 1.29 is 4.79 Å². The maximum absolute atomic E-state index is 11.4. The summed E-state index contributed by atoms with van der Waals surface area (Å²) in [5.74, 6) is 0.773. The Kier molecular flexibility index (Phi) is 12.2. The smallest absolute Gasteiger partial charge is 0.221 e. The molecule has 0 saturated heterocycles. The zero-order valence-corrected chi connectivity index (χ0v) is 12.8. The minimum Gasteiger partial charge on any atom is -0.359 e. The predicted molar refractivity (Wildman–Crippen MR) is 78.3 cm³/mol. The van der Waals surface area contributed by atoms with E-state index >= 15 is 0 Å². The number of hydrogen-bond acceptors (Lipinski definition) is 2. The number of amides is 1. The highest BCUT2D eigenvalue weighted by Crippen LogP contribution is 1.88. The maximum Gasteiger partial charge on any atom is 0.221 e. The van der Waals surface area contributed by atoms with Crippen molar-refractivity contribution in [3.8, 4) is 0 Å². The molecule has 0 heterocycles. The average molecular weight is 342 g/mol. The second-order valence-electron chi connectivity index (χ2n) is 3.38. The summed E-state index contributed by atoms with van der Waals surface area (Å²) in [7, 11) is 3.48. The molecule has 5 nitrogen and oxygen atoms in total. The maximum atomic E-state index is 11.4. The normalized spacial score (nSPS) is 12.4. The Hall–Kier alpha value is -0.530. The van der Waals surface area contributed by atoms with Crippen LogP contribution in [0.15, 0.2) is 4.99 Å². The molecule has 0 aliphatic carbocycles. The molecule has 0 saturated carbocycles. The van der Waals surface area contributed by atoms with Crippen LogP contribution < -0.4 is 16.0 Å². The lowest BCUT2D eigenvalue weighted by atomic mass is 10.2. The summed E-state index contributed by atoms with van der Waals surface area (Å²) in [5, 5.41) is 8.80. The first-order valence-corrected chi connectivity index (χ1v) is 5.31. The van der Waals surface area contributed by atoms with Gasteiger partial charge in [-0.25, -0.2) is 0 Å². The molecular formula is C10H23IN4O. The Morgan fingerprint density at radius 2 is 2.06 bits per heavy atom. The van der Waals surface area contributed by atoms with Crippen LogP contribution in [-0.2, 0) is 4.79 Å². The van der Waals surface area contributed by atoms with Crippen LogP contribution in [0.4, 0.5) is 0 Å². The third kappa shape index (κ3) is 8.75. The number of hydrogen-bond donors (Lipinski definition) is 3. The molecule has 1 atom stereocenters. The van der Waals surface area contributed by atoms with E-state index in [1.54, 1.807) is 14.1 Å². The van der Waals surface area contributed by atoms with Gasteiger partial charge in [-0.2, -0.15) is 0 Å². The van der Waals surface area contributed by atoms with Crippen molar-refractivity contribution >= 4 is 35.8 Å². The second-order valence-corrected chi connectivity index (χ2v) is 3.38. The summed E-state index contributed by atoms with van der Waals surface area (Å²) in [6.07, 6.45) is 1.42. The Morgan fingerprint density at radius 3 is 2.50 bits per heavy atom. The van der Waals surface area contributed by atoms with E-state index < -0.39 is 0 Å². The van der Waals surface area contributed by atoms with Crippen molar-refractivity contribution in [1.82, 2.24) is 16.0 Å². The minimum atomic E-state index is 0. The van der Waals surface area contributed by atoms with E-state index in [0.29, 0.717) is 18.9 Å². The molecule has 0 spiro atoms. The van der Waals surface area contributed by atoms with Crippen LogP contribution in [0.5, 0.6) is 0 Å². The number of nitrogens with zero attached hydrogens (tertiary/aromatic N) is 1. The zero-order valence-electron chi connectivity index (χ0n) is 10.5. The molecule has 0 aromatic carbocycles. The topological polar surface area (TPSA) is 65.5 Å². The van der Waals surface area contributed by atoms with Gasteiger partial charge in [-0.05, 0) is 13.3 Å². The van der Waals surface area contributed by atoms with E-state index in [4.69, 9.17) is 0 Å². The quantitative estimate of drug-likeness (QED) is 0.392. The highest BCUT2D eigenvalue weighted by atomic mass is 127. The molecule has 16 heavy (non-hydrogen) atoms. The standard InChI is InChI=1S/C10H22N4O.HI/c1-5-8(2)14-9(15)6-7-13-10(11-3)12-4;/h8H,5-7H2,1-4H3,(H,14,15)(H2,11,12,13);1H. The van der Waals surface area contributed by atoms with Gasteiger partial charge in [-0.3, -0.25) is 9.79 Å². The van der Waals surface area contributed by atoms with Gasteiger partial charge in [0.05, 0.1) is 0 Å². The SMILES string of the molecule is CCC(C)NC(=O)CCNC(=NC)NC.I. The lowest BCUT2D eigenvalue weighted by Crippen LogP contribution is -2.38. The van der Waals surface area contributed by atoms with E-state index in [0.717, 1.165) is 6.42 Å². The van der Waals surface area contributed by atoms with Gasteiger partial charge < -0.3 is 16.0 Å². The Morgan fingerprint density at radius 1 is 1.44 bits per heavy atom. The number of carbonyl (C=O) groups excluding carboxylic acids is 1. The van der Waals surface area contributed by atoms with Gasteiger partial charge in [0.2, 0.25) is 5.91 Å². The van der Waals surface area contributed by atoms with Crippen LogP contribution in [0.3, 0.4) is 0 Å². The third-order valence-corrected chi connectivity index (χ3v) is 2.12. The molecule has 0 aromatic heterocycles. The minimum absolute atomic E-state index is 0. The van der Waals surface area contributed by atoms with Crippen molar-refractivity contribution in [3.05, 3.63) is 0 Å². The van der Waals surface area contributed by atoms with Crippen molar-refractivity contribution in [1.29, 1.82) is 0 Å². The summed E-state index contributed by atoms with van der Waals surface area (Å²) < 4.78 is 0. The first kappa shape index (κ1) is 17.9. The van der Waals surface area contributed by atoms with Crippen LogP contribution in [0.1, 0.15) is 26.7 Å². The first-order valence-electron chi connectivity index (χ1n) is 5.31. The Balaban J connectivity index is 0. The van der Waals surface area contributed by atoms with Crippen molar-refractivity contribution in [2.45, 2.75) is 32.7 Å². The molecule has 96 valence electrons. The summed E-state index contributed by atoms with van der Waals surface area (Å²) in [6.45, 7) is 4.64. The molecule has 3 N–H and O–H groups in total. The number of carbonyl (C=O) groups is 1. The van der Waals surface area contributed by atoms with Gasteiger partial charge >= 0.3 is 0 Å². The van der Waals surface area contributed by atoms with Gasteiger partial charge in [0.1, 0.15) is 0 Å². The molecule has 0 radical (unpaired) electrons. The predicted octanol–water partition coefficient (Wildman–Crippen LogP) is 0.704. The summed E-state index contributed by atoms with van der Waals surface area (Å²) in [5.41, 5.74) is 0. The van der Waals surface area contributed by atoms with Crippen molar-refractivity contribution in [3.63, 3.8) is 0 Å². The number of halogens is 1. The highest BCUT2D eigenvalue weighted by Gasteiger charge is 2.04. The van der Waals surface area contributed by atoms with Gasteiger partial charge in [-0.15, -0.1) is 24.0 Å². The molecule has 0 bridgehead atoms. The average Bonchev–Trinajstić information content (AvgIpc) is 2.24. The van der Waals surface area contributed by atoms with E-state index in [2.05, 4.69) is 20.9 Å². The van der Waals surface area contributed by atoms with E-state index in [1.165, 1.54) is 0 Å². The van der Waals surface area contributed by atoms with Gasteiger partial charge in [0, 0.05) is 33.1 Å². The molecule has 0 aromatic rings. The van der Waals surface area contributed by atoms with Crippen LogP contribution in [-0.4, -0.2) is 38.5 Å². The van der Waals surface area contributed by atoms with Crippen LogP contribution in [0, 0.1) is 0 Å². The van der Waals surface area contributed by atoms with Crippen LogP contribution >= 0.6 is 24.0 Å². The largest absolute Gasteiger partial charge is 0.359 e. The van der Waals surface area contributed by atoms with Gasteiger partial charge in [0.15, 0.2) is 5.96 Å². The summed E-state index contributed by atoms with van der Waals surface area (Å²) in [6, 6.07) is 0.251. The zero-order chi connectivity index (χ0) is 11.7. The molecule has 6 heteroatoms. The lowest BCUT2D eigenvalue weighted by Gasteiger charge is -2.12. The lowest BCUT2D eigenvalue weighted by molar-refractivity contribution is -0.121. The van der Waals surface area contributed by atoms with Crippen LogP contribution in [0.2, 0.25) is 0 Å². The third-order valence-electron chi connectivity index (χ3n) is 2.12.